The molecule has 0 unspecified atom stereocenters. The van der Waals surface area contributed by atoms with Crippen LogP contribution in [0.25, 0.3) is 0 Å². The summed E-state index contributed by atoms with van der Waals surface area (Å²) < 4.78 is 0. The monoisotopic (exact) mass is 471 g/mol. The molecule has 3 aromatic carbocycles. The highest BCUT2D eigenvalue weighted by atomic mass is 16.2. The molecule has 3 N–H and O–H groups in total. The second-order valence-corrected chi connectivity index (χ2v) is 8.53. The fourth-order valence-corrected chi connectivity index (χ4v) is 3.64. The van der Waals surface area contributed by atoms with Crippen LogP contribution in [0.5, 0.6) is 0 Å². The summed E-state index contributed by atoms with van der Waals surface area (Å²) in [6.45, 7) is 0. The van der Waals surface area contributed by atoms with E-state index in [1.807, 2.05) is 0 Å². The molecule has 1 aliphatic heterocycles. The molecule has 9 heteroatoms. The quantitative estimate of drug-likeness (QED) is 0.475. The van der Waals surface area contributed by atoms with Crippen LogP contribution in [0.15, 0.2) is 60.7 Å². The van der Waals surface area contributed by atoms with Crippen LogP contribution in [0, 0.1) is 0 Å². The van der Waals surface area contributed by atoms with Gasteiger partial charge in [-0.3, -0.25) is 24.5 Å². The predicted octanol–water partition coefficient (Wildman–Crippen LogP) is 3.46. The van der Waals surface area contributed by atoms with Crippen molar-refractivity contribution < 1.29 is 19.2 Å². The van der Waals surface area contributed by atoms with E-state index in [-0.39, 0.29) is 22.9 Å². The summed E-state index contributed by atoms with van der Waals surface area (Å²) in [5.41, 5.74) is 4.15. The van der Waals surface area contributed by atoms with Gasteiger partial charge >= 0.3 is 0 Å². The fourth-order valence-electron chi connectivity index (χ4n) is 3.64. The van der Waals surface area contributed by atoms with Crippen LogP contribution in [0.1, 0.15) is 41.4 Å². The van der Waals surface area contributed by atoms with Gasteiger partial charge in [-0.15, -0.1) is 0 Å². The van der Waals surface area contributed by atoms with Gasteiger partial charge in [0.05, 0.1) is 22.5 Å². The molecule has 4 amide bonds. The Morgan fingerprint density at radius 1 is 0.629 bits per heavy atom. The smallest absolute Gasteiger partial charge is 0.259 e. The van der Waals surface area contributed by atoms with Crippen molar-refractivity contribution >= 4 is 46.4 Å². The number of amides is 4. The second kappa shape index (κ2) is 9.30. The number of carbonyl (C=O) groups is 4. The lowest BCUT2D eigenvalue weighted by Crippen LogP contribution is -2.21. The van der Waals surface area contributed by atoms with Crippen molar-refractivity contribution in [1.29, 1.82) is 0 Å². The lowest BCUT2D eigenvalue weighted by molar-refractivity contribution is 0.0820. The number of hydrogen-bond donors (Lipinski definition) is 3. The van der Waals surface area contributed by atoms with E-state index >= 15 is 0 Å². The van der Waals surface area contributed by atoms with Crippen molar-refractivity contribution in [2.45, 2.75) is 0 Å². The summed E-state index contributed by atoms with van der Waals surface area (Å²) in [4.78, 5) is 51.8. The van der Waals surface area contributed by atoms with E-state index in [9.17, 15) is 19.2 Å². The molecule has 9 nitrogen and oxygen atoms in total. The summed E-state index contributed by atoms with van der Waals surface area (Å²) in [6, 6.07) is 17.1. The Morgan fingerprint density at radius 2 is 0.971 bits per heavy atom. The van der Waals surface area contributed by atoms with Gasteiger partial charge in [-0.05, 0) is 60.7 Å². The van der Waals surface area contributed by atoms with Crippen LogP contribution < -0.4 is 16.0 Å². The number of hydrogen-bond acceptors (Lipinski definition) is 6. The first kappa shape index (κ1) is 23.5. The SMILES string of the molecule is CN(C)C(=O)c1ccc(Nc2cc3c(cc2Nc2ccc(C(=O)N(C)C)cc2)C(=O)NC3=O)cc1. The van der Waals surface area contributed by atoms with Gasteiger partial charge in [-0.25, -0.2) is 0 Å². The van der Waals surface area contributed by atoms with Gasteiger partial charge in [-0.2, -0.15) is 0 Å². The van der Waals surface area contributed by atoms with E-state index in [1.54, 1.807) is 88.9 Å². The van der Waals surface area contributed by atoms with E-state index in [0.717, 1.165) is 0 Å². The van der Waals surface area contributed by atoms with E-state index < -0.39 is 11.8 Å². The Labute approximate surface area is 202 Å². The van der Waals surface area contributed by atoms with E-state index in [0.29, 0.717) is 33.9 Å². The predicted molar refractivity (Wildman–Crippen MR) is 134 cm³/mol. The Kier molecular flexibility index (Phi) is 6.24. The number of nitrogens with one attached hydrogen (secondary N) is 3. The van der Waals surface area contributed by atoms with Crippen molar-refractivity contribution in [2.24, 2.45) is 0 Å². The zero-order valence-electron chi connectivity index (χ0n) is 19.8. The van der Waals surface area contributed by atoms with Crippen LogP contribution in [0.4, 0.5) is 22.7 Å². The minimum absolute atomic E-state index is 0.109. The fraction of sp³-hybridized carbons (Fsp3) is 0.154. The third-order valence-electron chi connectivity index (χ3n) is 5.51. The van der Waals surface area contributed by atoms with Crippen LogP contribution in [-0.4, -0.2) is 61.6 Å². The molecular formula is C26H25N5O4. The van der Waals surface area contributed by atoms with E-state index in [4.69, 9.17) is 0 Å². The third kappa shape index (κ3) is 4.84. The molecule has 178 valence electrons. The normalized spacial score (nSPS) is 12.0. The molecule has 0 spiro atoms. The number of benzene rings is 3. The Morgan fingerprint density at radius 3 is 1.29 bits per heavy atom. The van der Waals surface area contributed by atoms with Gasteiger partial charge < -0.3 is 20.4 Å². The highest BCUT2D eigenvalue weighted by molar-refractivity contribution is 6.22. The Balaban J connectivity index is 1.66. The summed E-state index contributed by atoms with van der Waals surface area (Å²) in [7, 11) is 6.75. The maximum absolute atomic E-state index is 12.2. The van der Waals surface area contributed by atoms with E-state index in [2.05, 4.69) is 16.0 Å². The first-order valence-corrected chi connectivity index (χ1v) is 10.8. The number of carbonyl (C=O) groups excluding carboxylic acids is 4. The number of fused-ring (bicyclic) bond motifs is 1. The van der Waals surface area contributed by atoms with E-state index in [1.165, 1.54) is 9.80 Å². The van der Waals surface area contributed by atoms with Gasteiger partial charge in [0.15, 0.2) is 0 Å². The van der Waals surface area contributed by atoms with Gasteiger partial charge in [0.1, 0.15) is 0 Å². The number of imide groups is 1. The molecular weight excluding hydrogens is 446 g/mol. The zero-order chi connectivity index (χ0) is 25.3. The molecule has 0 atom stereocenters. The standard InChI is InChI=1S/C26H25N5O4/c1-30(2)25(34)15-5-9-17(10-6-15)27-21-13-19-20(24(33)29-23(19)32)14-22(21)28-18-11-7-16(8-12-18)26(35)31(3)4/h5-14,27-28H,1-4H3,(H,29,32,33). The van der Waals surface area contributed by atoms with Crippen molar-refractivity contribution in [3.05, 3.63) is 82.9 Å². The van der Waals surface area contributed by atoms with Crippen LogP contribution in [0.3, 0.4) is 0 Å². The molecule has 1 heterocycles. The van der Waals surface area contributed by atoms with Gasteiger partial charge in [0.25, 0.3) is 23.6 Å². The number of anilines is 4. The molecule has 0 fully saturated rings. The molecule has 4 rings (SSSR count). The summed E-state index contributed by atoms with van der Waals surface area (Å²) in [5.74, 6) is -1.14. The maximum Gasteiger partial charge on any atom is 0.259 e. The summed E-state index contributed by atoms with van der Waals surface area (Å²) >= 11 is 0. The Bertz CT molecular complexity index is 1230. The molecule has 35 heavy (non-hydrogen) atoms. The van der Waals surface area contributed by atoms with Crippen LogP contribution in [0.2, 0.25) is 0 Å². The van der Waals surface area contributed by atoms with Gasteiger partial charge in [-0.1, -0.05) is 0 Å². The lowest BCUT2D eigenvalue weighted by atomic mass is 10.1. The molecule has 0 radical (unpaired) electrons. The van der Waals surface area contributed by atoms with Crippen molar-refractivity contribution in [3.63, 3.8) is 0 Å². The lowest BCUT2D eigenvalue weighted by Gasteiger charge is -2.17. The summed E-state index contributed by atoms with van der Waals surface area (Å²) in [5, 5.41) is 8.82. The minimum Gasteiger partial charge on any atom is -0.354 e. The topological polar surface area (TPSA) is 111 Å². The third-order valence-corrected chi connectivity index (χ3v) is 5.51. The first-order chi connectivity index (χ1) is 16.6. The minimum atomic E-state index is -0.460. The van der Waals surface area contributed by atoms with Crippen molar-refractivity contribution in [3.8, 4) is 0 Å². The number of nitrogens with zero attached hydrogens (tertiary/aromatic N) is 2. The molecule has 0 aliphatic carbocycles. The highest BCUT2D eigenvalue weighted by Gasteiger charge is 2.28. The summed E-state index contributed by atoms with van der Waals surface area (Å²) in [6.07, 6.45) is 0. The van der Waals surface area contributed by atoms with Crippen molar-refractivity contribution in [2.75, 3.05) is 38.8 Å². The average Bonchev–Trinajstić information content (AvgIpc) is 3.11. The Hall–Kier alpha value is -4.66. The van der Waals surface area contributed by atoms with Gasteiger partial charge in [0, 0.05) is 50.7 Å². The molecule has 0 saturated carbocycles. The molecule has 3 aromatic rings. The first-order valence-electron chi connectivity index (χ1n) is 10.8. The maximum atomic E-state index is 12.2. The molecule has 1 aliphatic rings. The molecule has 0 aromatic heterocycles. The second-order valence-electron chi connectivity index (χ2n) is 8.53. The molecule has 0 saturated heterocycles. The van der Waals surface area contributed by atoms with Crippen molar-refractivity contribution in [1.82, 2.24) is 15.1 Å². The average molecular weight is 472 g/mol. The highest BCUT2D eigenvalue weighted by Crippen LogP contribution is 2.33. The number of rotatable bonds is 6. The van der Waals surface area contributed by atoms with Crippen LogP contribution >= 0.6 is 0 Å². The van der Waals surface area contributed by atoms with Crippen LogP contribution in [-0.2, 0) is 0 Å². The van der Waals surface area contributed by atoms with Gasteiger partial charge in [0.2, 0.25) is 0 Å². The molecule has 0 bridgehead atoms. The largest absolute Gasteiger partial charge is 0.354 e. The zero-order valence-corrected chi connectivity index (χ0v) is 19.8.